The van der Waals surface area contributed by atoms with Crippen molar-refractivity contribution in [2.75, 3.05) is 5.73 Å². The number of hydrogen-bond donors (Lipinski definition) is 1. The average Bonchev–Trinajstić information content (AvgIpc) is 1.97. The van der Waals surface area contributed by atoms with Crippen LogP contribution in [0.4, 0.5) is 11.4 Å². The van der Waals surface area contributed by atoms with Crippen LogP contribution in [0.5, 0.6) is 0 Å². The zero-order valence-corrected chi connectivity index (χ0v) is 7.00. The minimum atomic E-state index is -0.402. The SMILES string of the molecule is Cc1ccc(N)c(C)c1[N+](=O)[O-]. The van der Waals surface area contributed by atoms with Gasteiger partial charge in [-0.2, -0.15) is 0 Å². The maximum Gasteiger partial charge on any atom is 0.277 e. The molecule has 0 bridgehead atoms. The van der Waals surface area contributed by atoms with Gasteiger partial charge >= 0.3 is 0 Å². The number of aryl methyl sites for hydroxylation is 1. The Morgan fingerprint density at radius 1 is 1.42 bits per heavy atom. The van der Waals surface area contributed by atoms with E-state index < -0.39 is 4.92 Å². The first-order valence-electron chi connectivity index (χ1n) is 3.54. The maximum atomic E-state index is 10.5. The fraction of sp³-hybridized carbons (Fsp3) is 0.250. The van der Waals surface area contributed by atoms with E-state index in [9.17, 15) is 10.1 Å². The number of hydrogen-bond acceptors (Lipinski definition) is 3. The molecule has 0 aliphatic carbocycles. The van der Waals surface area contributed by atoms with Crippen molar-refractivity contribution in [2.45, 2.75) is 13.8 Å². The summed E-state index contributed by atoms with van der Waals surface area (Å²) in [6.45, 7) is 3.35. The van der Waals surface area contributed by atoms with Crippen LogP contribution in [0.2, 0.25) is 0 Å². The van der Waals surface area contributed by atoms with Gasteiger partial charge in [0.05, 0.1) is 4.92 Å². The number of anilines is 1. The van der Waals surface area contributed by atoms with Crippen LogP contribution in [0.3, 0.4) is 0 Å². The van der Waals surface area contributed by atoms with E-state index in [0.717, 1.165) is 0 Å². The highest BCUT2D eigenvalue weighted by molar-refractivity contribution is 5.60. The first kappa shape index (κ1) is 8.52. The number of nitro groups is 1. The van der Waals surface area contributed by atoms with E-state index in [1.807, 2.05) is 0 Å². The molecule has 0 aliphatic rings. The van der Waals surface area contributed by atoms with Crippen LogP contribution in [0.25, 0.3) is 0 Å². The summed E-state index contributed by atoms with van der Waals surface area (Å²) in [7, 11) is 0. The number of nitrogens with two attached hydrogens (primary N) is 1. The van der Waals surface area contributed by atoms with Crippen LogP contribution in [0.15, 0.2) is 12.1 Å². The molecule has 12 heavy (non-hydrogen) atoms. The highest BCUT2D eigenvalue weighted by Gasteiger charge is 2.15. The molecule has 0 fully saturated rings. The lowest BCUT2D eigenvalue weighted by molar-refractivity contribution is -0.386. The van der Waals surface area contributed by atoms with Crippen LogP contribution in [0.1, 0.15) is 11.1 Å². The highest BCUT2D eigenvalue weighted by atomic mass is 16.6. The van der Waals surface area contributed by atoms with Crippen molar-refractivity contribution < 1.29 is 4.92 Å². The molecule has 0 spiro atoms. The number of nitro benzene ring substituents is 1. The van der Waals surface area contributed by atoms with Gasteiger partial charge in [-0.3, -0.25) is 10.1 Å². The van der Waals surface area contributed by atoms with Gasteiger partial charge in [0.1, 0.15) is 0 Å². The van der Waals surface area contributed by atoms with E-state index in [2.05, 4.69) is 0 Å². The van der Waals surface area contributed by atoms with E-state index in [1.54, 1.807) is 26.0 Å². The van der Waals surface area contributed by atoms with Gasteiger partial charge in [0, 0.05) is 16.8 Å². The Balaban J connectivity index is 3.43. The topological polar surface area (TPSA) is 69.2 Å². The van der Waals surface area contributed by atoms with Crippen LogP contribution in [-0.4, -0.2) is 4.92 Å². The lowest BCUT2D eigenvalue weighted by Crippen LogP contribution is -1.98. The molecule has 1 rings (SSSR count). The van der Waals surface area contributed by atoms with E-state index >= 15 is 0 Å². The van der Waals surface area contributed by atoms with Crippen molar-refractivity contribution in [3.63, 3.8) is 0 Å². The molecule has 0 saturated carbocycles. The summed E-state index contributed by atoms with van der Waals surface area (Å²) in [6.07, 6.45) is 0. The molecule has 1 aromatic carbocycles. The number of rotatable bonds is 1. The second-order valence-corrected chi connectivity index (χ2v) is 2.70. The van der Waals surface area contributed by atoms with Crippen molar-refractivity contribution in [1.82, 2.24) is 0 Å². The minimum Gasteiger partial charge on any atom is -0.398 e. The molecule has 0 aliphatic heterocycles. The minimum absolute atomic E-state index is 0.120. The van der Waals surface area contributed by atoms with Crippen molar-refractivity contribution in [3.05, 3.63) is 33.4 Å². The molecular weight excluding hydrogens is 156 g/mol. The third kappa shape index (κ3) is 1.23. The summed E-state index contributed by atoms with van der Waals surface area (Å²) < 4.78 is 0. The summed E-state index contributed by atoms with van der Waals surface area (Å²) in [4.78, 5) is 10.1. The molecule has 2 N–H and O–H groups in total. The largest absolute Gasteiger partial charge is 0.398 e. The van der Waals surface area contributed by atoms with Crippen LogP contribution in [-0.2, 0) is 0 Å². The van der Waals surface area contributed by atoms with Crippen molar-refractivity contribution >= 4 is 11.4 Å². The Morgan fingerprint density at radius 3 is 2.42 bits per heavy atom. The molecule has 0 saturated heterocycles. The average molecular weight is 166 g/mol. The van der Waals surface area contributed by atoms with Crippen molar-refractivity contribution in [3.8, 4) is 0 Å². The van der Waals surface area contributed by atoms with Gasteiger partial charge in [-0.1, -0.05) is 6.07 Å². The third-order valence-electron chi connectivity index (χ3n) is 1.86. The molecule has 0 atom stereocenters. The predicted molar refractivity (Wildman–Crippen MR) is 47.0 cm³/mol. The summed E-state index contributed by atoms with van der Waals surface area (Å²) in [5.74, 6) is 0. The monoisotopic (exact) mass is 166 g/mol. The predicted octanol–water partition coefficient (Wildman–Crippen LogP) is 1.79. The van der Waals surface area contributed by atoms with Gasteiger partial charge < -0.3 is 5.73 Å². The van der Waals surface area contributed by atoms with Gasteiger partial charge in [-0.15, -0.1) is 0 Å². The second kappa shape index (κ2) is 2.81. The Labute approximate surface area is 70.2 Å². The summed E-state index contributed by atoms with van der Waals surface area (Å²) >= 11 is 0. The molecule has 4 nitrogen and oxygen atoms in total. The Morgan fingerprint density at radius 2 is 2.00 bits per heavy atom. The maximum absolute atomic E-state index is 10.5. The highest BCUT2D eigenvalue weighted by Crippen LogP contribution is 2.26. The molecule has 0 heterocycles. The molecular formula is C8H10N2O2. The fourth-order valence-corrected chi connectivity index (χ4v) is 1.13. The molecule has 1 aromatic rings. The zero-order valence-electron chi connectivity index (χ0n) is 7.00. The first-order valence-corrected chi connectivity index (χ1v) is 3.54. The lowest BCUT2D eigenvalue weighted by atomic mass is 10.1. The summed E-state index contributed by atoms with van der Waals surface area (Å²) in [5, 5.41) is 10.5. The van der Waals surface area contributed by atoms with Crippen LogP contribution >= 0.6 is 0 Å². The third-order valence-corrected chi connectivity index (χ3v) is 1.86. The lowest BCUT2D eigenvalue weighted by Gasteiger charge is -2.02. The van der Waals surface area contributed by atoms with E-state index in [4.69, 9.17) is 5.73 Å². The first-order chi connectivity index (χ1) is 5.54. The van der Waals surface area contributed by atoms with E-state index in [1.165, 1.54) is 0 Å². The molecule has 0 amide bonds. The van der Waals surface area contributed by atoms with E-state index in [-0.39, 0.29) is 5.69 Å². The van der Waals surface area contributed by atoms with Gasteiger partial charge in [-0.05, 0) is 19.9 Å². The molecule has 0 radical (unpaired) electrons. The van der Waals surface area contributed by atoms with Crippen molar-refractivity contribution in [2.24, 2.45) is 0 Å². The number of nitrogens with zero attached hydrogens (tertiary/aromatic N) is 1. The van der Waals surface area contributed by atoms with Crippen molar-refractivity contribution in [1.29, 1.82) is 0 Å². The van der Waals surface area contributed by atoms with Gasteiger partial charge in [0.15, 0.2) is 0 Å². The number of nitrogen functional groups attached to an aromatic ring is 1. The molecule has 0 aromatic heterocycles. The Bertz CT molecular complexity index is 334. The Kier molecular flexibility index (Phi) is 1.99. The van der Waals surface area contributed by atoms with Gasteiger partial charge in [0.25, 0.3) is 5.69 Å². The Hall–Kier alpha value is -1.58. The van der Waals surface area contributed by atoms with Crippen LogP contribution in [0, 0.1) is 24.0 Å². The smallest absolute Gasteiger partial charge is 0.277 e. The standard InChI is InChI=1S/C8H10N2O2/c1-5-3-4-7(9)6(2)8(5)10(11)12/h3-4H,9H2,1-2H3. The van der Waals surface area contributed by atoms with Gasteiger partial charge in [0.2, 0.25) is 0 Å². The quantitative estimate of drug-likeness (QED) is 0.393. The molecule has 64 valence electrons. The van der Waals surface area contributed by atoms with E-state index in [0.29, 0.717) is 16.8 Å². The molecule has 0 unspecified atom stereocenters. The summed E-state index contributed by atoms with van der Waals surface area (Å²) in [6, 6.07) is 3.33. The second-order valence-electron chi connectivity index (χ2n) is 2.70. The molecule has 4 heteroatoms. The summed E-state index contributed by atoms with van der Waals surface area (Å²) in [5.41, 5.74) is 7.30. The fourth-order valence-electron chi connectivity index (χ4n) is 1.13. The zero-order chi connectivity index (χ0) is 9.30. The normalized spacial score (nSPS) is 9.83. The number of benzene rings is 1. The van der Waals surface area contributed by atoms with Crippen LogP contribution < -0.4 is 5.73 Å². The van der Waals surface area contributed by atoms with Gasteiger partial charge in [-0.25, -0.2) is 0 Å².